The second-order valence-corrected chi connectivity index (χ2v) is 5.09. The monoisotopic (exact) mass is 337 g/mol. The number of alkyl halides is 3. The molecule has 1 fully saturated rings. The van der Waals surface area contributed by atoms with Crippen molar-refractivity contribution in [2.75, 3.05) is 11.9 Å². The number of piperidine rings is 1. The highest BCUT2D eigenvalue weighted by atomic mass is 79.9. The summed E-state index contributed by atoms with van der Waals surface area (Å²) < 4.78 is 38.9. The van der Waals surface area contributed by atoms with Crippen LogP contribution in [0.1, 0.15) is 18.4 Å². The number of pyridine rings is 1. The van der Waals surface area contributed by atoms with Gasteiger partial charge in [0.05, 0.1) is 5.56 Å². The summed E-state index contributed by atoms with van der Waals surface area (Å²) in [4.78, 5) is 15.2. The van der Waals surface area contributed by atoms with E-state index in [4.69, 9.17) is 0 Å². The first-order valence-corrected chi connectivity index (χ1v) is 6.44. The molecule has 104 valence electrons. The second-order valence-electron chi connectivity index (χ2n) is 4.18. The van der Waals surface area contributed by atoms with E-state index in [9.17, 15) is 18.0 Å². The Labute approximate surface area is 115 Å². The van der Waals surface area contributed by atoms with Gasteiger partial charge in [0, 0.05) is 17.2 Å². The summed E-state index contributed by atoms with van der Waals surface area (Å²) >= 11 is 2.96. The Morgan fingerprint density at radius 1 is 1.47 bits per heavy atom. The van der Waals surface area contributed by atoms with Crippen LogP contribution < -0.4 is 10.6 Å². The molecule has 1 saturated heterocycles. The molecule has 1 aromatic rings. The van der Waals surface area contributed by atoms with Crippen molar-refractivity contribution in [1.82, 2.24) is 10.3 Å². The minimum atomic E-state index is -4.52. The molecular weight excluding hydrogens is 327 g/mol. The number of hydrogen-bond acceptors (Lipinski definition) is 3. The highest BCUT2D eigenvalue weighted by Crippen LogP contribution is 2.35. The topological polar surface area (TPSA) is 54.0 Å². The fourth-order valence-electron chi connectivity index (χ4n) is 1.85. The maximum atomic E-state index is 12.9. The molecule has 19 heavy (non-hydrogen) atoms. The lowest BCUT2D eigenvalue weighted by molar-refractivity contribution is -0.137. The van der Waals surface area contributed by atoms with Gasteiger partial charge in [0.2, 0.25) is 5.91 Å². The van der Waals surface area contributed by atoms with E-state index in [1.807, 2.05) is 0 Å². The molecule has 1 amide bonds. The lowest BCUT2D eigenvalue weighted by Gasteiger charge is -2.24. The van der Waals surface area contributed by atoms with Gasteiger partial charge in [-0.05, 0) is 34.8 Å². The van der Waals surface area contributed by atoms with Crippen LogP contribution in [-0.4, -0.2) is 23.5 Å². The van der Waals surface area contributed by atoms with Crippen molar-refractivity contribution in [2.45, 2.75) is 25.1 Å². The molecule has 0 saturated carbocycles. The highest BCUT2D eigenvalue weighted by molar-refractivity contribution is 9.10. The summed E-state index contributed by atoms with van der Waals surface area (Å²) in [6.07, 6.45) is -2.05. The van der Waals surface area contributed by atoms with Crippen molar-refractivity contribution in [3.05, 3.63) is 22.3 Å². The van der Waals surface area contributed by atoms with Gasteiger partial charge in [0.25, 0.3) is 0 Å². The summed E-state index contributed by atoms with van der Waals surface area (Å²) in [5.74, 6) is -0.623. The average Bonchev–Trinajstić information content (AvgIpc) is 2.33. The van der Waals surface area contributed by atoms with Crippen LogP contribution in [-0.2, 0) is 11.0 Å². The summed E-state index contributed by atoms with van der Waals surface area (Å²) in [6, 6.07) is 0.263. The van der Waals surface area contributed by atoms with E-state index >= 15 is 0 Å². The van der Waals surface area contributed by atoms with Gasteiger partial charge in [0.1, 0.15) is 11.9 Å². The molecule has 0 aliphatic carbocycles. The first-order chi connectivity index (χ1) is 8.88. The Morgan fingerprint density at radius 3 is 2.84 bits per heavy atom. The SMILES string of the molecule is O=C1NCCCC1Nc1ncc(Br)cc1C(F)(F)F. The third-order valence-electron chi connectivity index (χ3n) is 2.76. The molecule has 0 bridgehead atoms. The predicted molar refractivity (Wildman–Crippen MR) is 66.6 cm³/mol. The molecule has 2 N–H and O–H groups in total. The van der Waals surface area contributed by atoms with Crippen LogP contribution in [0.2, 0.25) is 0 Å². The smallest absolute Gasteiger partial charge is 0.358 e. The minimum Gasteiger partial charge on any atom is -0.358 e. The van der Waals surface area contributed by atoms with Crippen LogP contribution in [0.3, 0.4) is 0 Å². The lowest BCUT2D eigenvalue weighted by Crippen LogP contribution is -2.44. The molecular formula is C11H11BrF3N3O. The van der Waals surface area contributed by atoms with Crippen molar-refractivity contribution in [2.24, 2.45) is 0 Å². The maximum absolute atomic E-state index is 12.9. The molecule has 2 heterocycles. The van der Waals surface area contributed by atoms with Crippen molar-refractivity contribution in [3.8, 4) is 0 Å². The fraction of sp³-hybridized carbons (Fsp3) is 0.455. The van der Waals surface area contributed by atoms with E-state index in [0.29, 0.717) is 13.0 Å². The minimum absolute atomic E-state index is 0.235. The number of rotatable bonds is 2. The van der Waals surface area contributed by atoms with Crippen LogP contribution in [0, 0.1) is 0 Å². The largest absolute Gasteiger partial charge is 0.419 e. The van der Waals surface area contributed by atoms with E-state index < -0.39 is 17.8 Å². The van der Waals surface area contributed by atoms with Crippen molar-refractivity contribution >= 4 is 27.7 Å². The average molecular weight is 338 g/mol. The Balaban J connectivity index is 2.27. The van der Waals surface area contributed by atoms with Gasteiger partial charge in [-0.1, -0.05) is 0 Å². The number of carbonyl (C=O) groups excluding carboxylic acids is 1. The van der Waals surface area contributed by atoms with E-state index in [-0.39, 0.29) is 16.2 Å². The number of nitrogens with zero attached hydrogens (tertiary/aromatic N) is 1. The zero-order chi connectivity index (χ0) is 14.0. The van der Waals surface area contributed by atoms with Crippen LogP contribution in [0.4, 0.5) is 19.0 Å². The summed E-state index contributed by atoms with van der Waals surface area (Å²) in [5, 5.41) is 5.17. The molecule has 1 aliphatic rings. The Bertz CT molecular complexity index is 493. The number of hydrogen-bond donors (Lipinski definition) is 2. The third kappa shape index (κ3) is 3.37. The summed E-state index contributed by atoms with van der Waals surface area (Å²) in [7, 11) is 0. The molecule has 1 atom stereocenters. The number of amides is 1. The van der Waals surface area contributed by atoms with Crippen molar-refractivity contribution < 1.29 is 18.0 Å². The van der Waals surface area contributed by atoms with Gasteiger partial charge >= 0.3 is 6.18 Å². The second kappa shape index (κ2) is 5.36. The molecule has 1 aliphatic heterocycles. The van der Waals surface area contributed by atoms with E-state index in [2.05, 4.69) is 31.5 Å². The van der Waals surface area contributed by atoms with Gasteiger partial charge in [-0.2, -0.15) is 13.2 Å². The molecule has 0 radical (unpaired) electrons. The summed E-state index contributed by atoms with van der Waals surface area (Å²) in [6.45, 7) is 0.552. The number of aromatic nitrogens is 1. The molecule has 2 rings (SSSR count). The van der Waals surface area contributed by atoms with Crippen molar-refractivity contribution in [1.29, 1.82) is 0 Å². The predicted octanol–water partition coefficient (Wildman–Crippen LogP) is 2.55. The van der Waals surface area contributed by atoms with Gasteiger partial charge < -0.3 is 10.6 Å². The Hall–Kier alpha value is -1.31. The van der Waals surface area contributed by atoms with Gasteiger partial charge in [-0.25, -0.2) is 4.98 Å². The van der Waals surface area contributed by atoms with Gasteiger partial charge in [-0.15, -0.1) is 0 Å². The van der Waals surface area contributed by atoms with Crippen LogP contribution in [0.25, 0.3) is 0 Å². The van der Waals surface area contributed by atoms with Crippen LogP contribution >= 0.6 is 15.9 Å². The van der Waals surface area contributed by atoms with Gasteiger partial charge in [0.15, 0.2) is 0 Å². The quantitative estimate of drug-likeness (QED) is 0.872. The Morgan fingerprint density at radius 2 is 2.21 bits per heavy atom. The fourth-order valence-corrected chi connectivity index (χ4v) is 2.18. The van der Waals surface area contributed by atoms with Crippen LogP contribution in [0.5, 0.6) is 0 Å². The molecule has 0 aromatic carbocycles. The maximum Gasteiger partial charge on any atom is 0.419 e. The van der Waals surface area contributed by atoms with Crippen molar-refractivity contribution in [3.63, 3.8) is 0 Å². The normalized spacial score (nSPS) is 20.0. The number of anilines is 1. The third-order valence-corrected chi connectivity index (χ3v) is 3.19. The van der Waals surface area contributed by atoms with Crippen LogP contribution in [0.15, 0.2) is 16.7 Å². The highest BCUT2D eigenvalue weighted by Gasteiger charge is 2.36. The van der Waals surface area contributed by atoms with E-state index in [0.717, 1.165) is 12.5 Å². The zero-order valence-electron chi connectivity index (χ0n) is 9.72. The molecule has 4 nitrogen and oxygen atoms in total. The van der Waals surface area contributed by atoms with E-state index in [1.165, 1.54) is 6.20 Å². The Kier molecular flexibility index (Phi) is 3.98. The number of halogens is 4. The first-order valence-electron chi connectivity index (χ1n) is 5.65. The number of carbonyl (C=O) groups is 1. The molecule has 1 unspecified atom stereocenters. The molecule has 0 spiro atoms. The lowest BCUT2D eigenvalue weighted by atomic mass is 10.1. The van der Waals surface area contributed by atoms with E-state index in [1.54, 1.807) is 0 Å². The number of nitrogens with one attached hydrogen (secondary N) is 2. The standard InChI is InChI=1S/C11H11BrF3N3O/c12-6-4-7(11(13,14)15)9(17-5-6)18-8-2-1-3-16-10(8)19/h4-5,8H,1-3H2,(H,16,19)(H,17,18). The molecule has 1 aromatic heterocycles. The zero-order valence-corrected chi connectivity index (χ0v) is 11.3. The molecule has 8 heteroatoms. The van der Waals surface area contributed by atoms with Gasteiger partial charge in [-0.3, -0.25) is 4.79 Å². The first kappa shape index (κ1) is 14.1. The summed E-state index contributed by atoms with van der Waals surface area (Å²) in [5.41, 5.74) is -0.889.